The summed E-state index contributed by atoms with van der Waals surface area (Å²) in [5, 5.41) is 0. The number of piperidine rings is 2. The van der Waals surface area contributed by atoms with Crippen molar-refractivity contribution < 1.29 is 4.79 Å². The number of carbonyl (C=O) groups excluding carboxylic acids is 1. The third-order valence-corrected chi connectivity index (χ3v) is 6.18. The lowest BCUT2D eigenvalue weighted by atomic mass is 9.72. The third-order valence-electron chi connectivity index (χ3n) is 6.18. The number of hydrogen-bond acceptors (Lipinski definition) is 5. The summed E-state index contributed by atoms with van der Waals surface area (Å²) in [7, 11) is 0. The van der Waals surface area contributed by atoms with E-state index in [1.54, 1.807) is 12.4 Å². The lowest BCUT2D eigenvalue weighted by Gasteiger charge is -2.47. The Morgan fingerprint density at radius 2 is 1.79 bits per heavy atom. The first-order valence-corrected chi connectivity index (χ1v) is 10.2. The van der Waals surface area contributed by atoms with E-state index in [1.165, 1.54) is 0 Å². The summed E-state index contributed by atoms with van der Waals surface area (Å²) in [6, 6.07) is 6.24. The summed E-state index contributed by atoms with van der Waals surface area (Å²) in [6.07, 6.45) is 7.51. The molecule has 2 aliphatic heterocycles. The van der Waals surface area contributed by atoms with E-state index in [9.17, 15) is 4.79 Å². The maximum absolute atomic E-state index is 12.5. The van der Waals surface area contributed by atoms with Gasteiger partial charge in [0.05, 0.1) is 29.8 Å². The van der Waals surface area contributed by atoms with Crippen LogP contribution in [0.2, 0.25) is 0 Å². The molecular formula is C22H29N5O. The van der Waals surface area contributed by atoms with E-state index in [2.05, 4.69) is 32.0 Å². The highest BCUT2D eigenvalue weighted by Gasteiger charge is 2.41. The lowest BCUT2D eigenvalue weighted by molar-refractivity contribution is -0.140. The molecule has 2 fully saturated rings. The van der Waals surface area contributed by atoms with Crippen LogP contribution in [0.25, 0.3) is 0 Å². The minimum Gasteiger partial charge on any atom is -0.336 e. The van der Waals surface area contributed by atoms with Gasteiger partial charge >= 0.3 is 0 Å². The van der Waals surface area contributed by atoms with Gasteiger partial charge in [-0.1, -0.05) is 6.07 Å². The van der Waals surface area contributed by atoms with Crippen molar-refractivity contribution in [2.45, 2.75) is 52.6 Å². The summed E-state index contributed by atoms with van der Waals surface area (Å²) >= 11 is 0. The molecule has 1 amide bonds. The highest BCUT2D eigenvalue weighted by Crippen LogP contribution is 2.40. The van der Waals surface area contributed by atoms with Crippen LogP contribution in [0.4, 0.5) is 0 Å². The summed E-state index contributed by atoms with van der Waals surface area (Å²) < 4.78 is 0. The molecule has 0 bridgehead atoms. The standard InChI is InChI=1S/C22H29N5O/c1-17-4-3-5-19(25-17)14-26-10-8-22(9-11-26)7-6-21(28)27(16-22)15-20-13-23-18(2)12-24-20/h3-5,12-13H,6-11,14-16H2,1-2H3. The molecular weight excluding hydrogens is 350 g/mol. The molecule has 2 aliphatic rings. The van der Waals surface area contributed by atoms with Crippen molar-refractivity contribution in [3.8, 4) is 0 Å². The molecule has 2 aromatic rings. The van der Waals surface area contributed by atoms with Gasteiger partial charge in [0.1, 0.15) is 0 Å². The Balaban J connectivity index is 1.36. The Labute approximate surface area is 167 Å². The van der Waals surface area contributed by atoms with E-state index in [0.717, 1.165) is 68.2 Å². The van der Waals surface area contributed by atoms with Gasteiger partial charge in [0.25, 0.3) is 0 Å². The Kier molecular flexibility index (Phi) is 5.40. The average molecular weight is 380 g/mol. The number of aryl methyl sites for hydroxylation is 2. The van der Waals surface area contributed by atoms with Crippen molar-refractivity contribution >= 4 is 5.91 Å². The van der Waals surface area contributed by atoms with Crippen molar-refractivity contribution in [2.75, 3.05) is 19.6 Å². The smallest absolute Gasteiger partial charge is 0.222 e. The molecule has 0 saturated carbocycles. The fourth-order valence-corrected chi connectivity index (χ4v) is 4.45. The number of aromatic nitrogens is 3. The molecule has 28 heavy (non-hydrogen) atoms. The molecule has 1 spiro atoms. The molecule has 0 atom stereocenters. The second-order valence-corrected chi connectivity index (χ2v) is 8.45. The highest BCUT2D eigenvalue weighted by atomic mass is 16.2. The Morgan fingerprint density at radius 1 is 0.964 bits per heavy atom. The molecule has 0 unspecified atom stereocenters. The fraction of sp³-hybridized carbons (Fsp3) is 0.545. The molecule has 0 N–H and O–H groups in total. The van der Waals surface area contributed by atoms with Gasteiger partial charge in [-0.2, -0.15) is 0 Å². The summed E-state index contributed by atoms with van der Waals surface area (Å²) in [5.74, 6) is 0.249. The van der Waals surface area contributed by atoms with Crippen molar-refractivity contribution in [1.82, 2.24) is 24.8 Å². The molecule has 4 rings (SSSR count). The molecule has 0 radical (unpaired) electrons. The monoisotopic (exact) mass is 379 g/mol. The van der Waals surface area contributed by atoms with Gasteiger partial charge in [0.15, 0.2) is 0 Å². The number of rotatable bonds is 4. The first-order valence-electron chi connectivity index (χ1n) is 10.2. The number of amides is 1. The molecule has 4 heterocycles. The van der Waals surface area contributed by atoms with Crippen molar-refractivity contribution in [3.05, 3.63) is 53.4 Å². The Morgan fingerprint density at radius 3 is 2.50 bits per heavy atom. The van der Waals surface area contributed by atoms with E-state index < -0.39 is 0 Å². The topological polar surface area (TPSA) is 62.2 Å². The molecule has 148 valence electrons. The van der Waals surface area contributed by atoms with Gasteiger partial charge in [-0.05, 0) is 63.7 Å². The number of carbonyl (C=O) groups is 1. The maximum Gasteiger partial charge on any atom is 0.222 e. The molecule has 0 aliphatic carbocycles. The van der Waals surface area contributed by atoms with Crippen LogP contribution in [0.3, 0.4) is 0 Å². The number of nitrogens with zero attached hydrogens (tertiary/aromatic N) is 5. The van der Waals surface area contributed by atoms with Gasteiger partial charge in [0.2, 0.25) is 5.91 Å². The van der Waals surface area contributed by atoms with E-state index in [4.69, 9.17) is 0 Å². The molecule has 0 aromatic carbocycles. The van der Waals surface area contributed by atoms with Crippen molar-refractivity contribution in [2.24, 2.45) is 5.41 Å². The number of pyridine rings is 1. The van der Waals surface area contributed by atoms with Crippen LogP contribution >= 0.6 is 0 Å². The van der Waals surface area contributed by atoms with Crippen LogP contribution in [-0.2, 0) is 17.9 Å². The quantitative estimate of drug-likeness (QED) is 0.817. The lowest BCUT2D eigenvalue weighted by Crippen LogP contribution is -2.51. The van der Waals surface area contributed by atoms with Crippen LogP contribution in [0.15, 0.2) is 30.6 Å². The summed E-state index contributed by atoms with van der Waals surface area (Å²) in [5.41, 5.74) is 4.25. The predicted octanol–water partition coefficient (Wildman–Crippen LogP) is 2.89. The highest BCUT2D eigenvalue weighted by molar-refractivity contribution is 5.77. The van der Waals surface area contributed by atoms with Crippen LogP contribution in [-0.4, -0.2) is 50.3 Å². The van der Waals surface area contributed by atoms with Gasteiger partial charge in [-0.25, -0.2) is 0 Å². The number of hydrogen-bond donors (Lipinski definition) is 0. The normalized spacial score (nSPS) is 19.9. The van der Waals surface area contributed by atoms with Gasteiger partial charge < -0.3 is 4.90 Å². The zero-order valence-corrected chi connectivity index (χ0v) is 16.9. The molecule has 6 heteroatoms. The second-order valence-electron chi connectivity index (χ2n) is 8.45. The molecule has 2 saturated heterocycles. The number of likely N-dealkylation sites (tertiary alicyclic amines) is 2. The van der Waals surface area contributed by atoms with Crippen molar-refractivity contribution in [1.29, 1.82) is 0 Å². The van der Waals surface area contributed by atoms with E-state index in [-0.39, 0.29) is 11.3 Å². The van der Waals surface area contributed by atoms with Crippen LogP contribution in [0.1, 0.15) is 48.5 Å². The first-order chi connectivity index (χ1) is 13.5. The van der Waals surface area contributed by atoms with Gasteiger partial charge in [-0.3, -0.25) is 24.6 Å². The Bertz CT molecular complexity index is 827. The van der Waals surface area contributed by atoms with Gasteiger partial charge in [-0.15, -0.1) is 0 Å². The maximum atomic E-state index is 12.5. The van der Waals surface area contributed by atoms with Crippen LogP contribution in [0, 0.1) is 19.3 Å². The second kappa shape index (κ2) is 7.95. The predicted molar refractivity (Wildman–Crippen MR) is 107 cm³/mol. The summed E-state index contributed by atoms with van der Waals surface area (Å²) in [4.78, 5) is 30.4. The average Bonchev–Trinajstić information content (AvgIpc) is 2.69. The fourth-order valence-electron chi connectivity index (χ4n) is 4.45. The van der Waals surface area contributed by atoms with Crippen molar-refractivity contribution in [3.63, 3.8) is 0 Å². The minimum absolute atomic E-state index is 0.249. The van der Waals surface area contributed by atoms with E-state index in [1.807, 2.05) is 24.8 Å². The van der Waals surface area contributed by atoms with E-state index in [0.29, 0.717) is 13.0 Å². The first kappa shape index (κ1) is 19.0. The molecule has 2 aromatic heterocycles. The zero-order chi connectivity index (χ0) is 19.6. The van der Waals surface area contributed by atoms with E-state index >= 15 is 0 Å². The third kappa shape index (κ3) is 4.38. The minimum atomic E-state index is 0.249. The zero-order valence-electron chi connectivity index (χ0n) is 16.9. The van der Waals surface area contributed by atoms with Crippen LogP contribution < -0.4 is 0 Å². The largest absolute Gasteiger partial charge is 0.336 e. The van der Waals surface area contributed by atoms with Crippen LogP contribution in [0.5, 0.6) is 0 Å². The Hall–Kier alpha value is -2.34. The summed E-state index contributed by atoms with van der Waals surface area (Å²) in [6.45, 7) is 8.45. The molecule has 6 nitrogen and oxygen atoms in total. The SMILES string of the molecule is Cc1cnc(CN2CC3(CCC2=O)CCN(Cc2cccc(C)n2)CC3)cn1. The van der Waals surface area contributed by atoms with Gasteiger partial charge in [0, 0.05) is 31.4 Å².